The van der Waals surface area contributed by atoms with Gasteiger partial charge in [0, 0.05) is 0 Å². The number of halogens is 1. The Morgan fingerprint density at radius 2 is 1.50 bits per heavy atom. The Labute approximate surface area is 143 Å². The van der Waals surface area contributed by atoms with E-state index in [1.54, 1.807) is 38.5 Å². The van der Waals surface area contributed by atoms with Crippen LogP contribution in [0.5, 0.6) is 0 Å². The molecule has 4 aliphatic rings. The molecule has 0 aromatic rings. The van der Waals surface area contributed by atoms with Crippen molar-refractivity contribution in [3.63, 3.8) is 0 Å². The van der Waals surface area contributed by atoms with Gasteiger partial charge in [0.05, 0.1) is 0 Å². The number of rotatable bonds is 6. The fraction of sp³-hybridized carbons (Fsp3) is 1.00. The normalized spacial score (nSPS) is 46.8. The summed E-state index contributed by atoms with van der Waals surface area (Å²) in [6, 6.07) is 2.79. The third kappa shape index (κ3) is 2.44. The molecule has 4 rings (SSSR count). The van der Waals surface area contributed by atoms with Crippen LogP contribution in [0.4, 0.5) is 0 Å². The highest BCUT2D eigenvalue weighted by atomic mass is 35.6. The molecule has 22 heavy (non-hydrogen) atoms. The maximum atomic E-state index is 7.55. The smallest absolute Gasteiger partial charge is 0.160 e. The van der Waals surface area contributed by atoms with Crippen LogP contribution in [0.25, 0.3) is 0 Å². The first-order chi connectivity index (χ1) is 10.7. The highest BCUT2D eigenvalue weighted by molar-refractivity contribution is 7.21. The van der Waals surface area contributed by atoms with Crippen LogP contribution in [-0.2, 0) is 0 Å². The SMILES string of the molecule is CCC[Si](Cl)(CCC)C1C2CCC(C2)C1C1CC2CCC1C2. The Bertz CT molecular complexity index is 403. The van der Waals surface area contributed by atoms with Crippen molar-refractivity contribution in [2.24, 2.45) is 35.5 Å². The fourth-order valence-electron chi connectivity index (χ4n) is 7.77. The van der Waals surface area contributed by atoms with Crippen LogP contribution in [0, 0.1) is 35.5 Å². The van der Waals surface area contributed by atoms with Crippen LogP contribution in [-0.4, -0.2) is 7.38 Å². The van der Waals surface area contributed by atoms with E-state index in [0.717, 1.165) is 41.0 Å². The molecule has 2 heteroatoms. The van der Waals surface area contributed by atoms with Crippen LogP contribution >= 0.6 is 11.1 Å². The number of hydrogen-bond acceptors (Lipinski definition) is 0. The Hall–Kier alpha value is 0.507. The summed E-state index contributed by atoms with van der Waals surface area (Å²) in [6.45, 7) is 4.75. The quantitative estimate of drug-likeness (QED) is 0.367. The van der Waals surface area contributed by atoms with Gasteiger partial charge < -0.3 is 0 Å². The molecular formula is C20H35ClSi. The van der Waals surface area contributed by atoms with Crippen molar-refractivity contribution >= 4 is 18.5 Å². The van der Waals surface area contributed by atoms with Crippen molar-refractivity contribution in [2.75, 3.05) is 0 Å². The lowest BCUT2D eigenvalue weighted by molar-refractivity contribution is 0.161. The molecule has 0 aliphatic heterocycles. The van der Waals surface area contributed by atoms with Crippen LogP contribution in [0.2, 0.25) is 17.6 Å². The van der Waals surface area contributed by atoms with Crippen molar-refractivity contribution in [3.05, 3.63) is 0 Å². The van der Waals surface area contributed by atoms with Crippen LogP contribution < -0.4 is 0 Å². The molecule has 0 radical (unpaired) electrons. The molecule has 126 valence electrons. The maximum absolute atomic E-state index is 7.55. The molecule has 7 atom stereocenters. The molecule has 7 unspecified atom stereocenters. The predicted octanol–water partition coefficient (Wildman–Crippen LogP) is 6.84. The van der Waals surface area contributed by atoms with Gasteiger partial charge in [0.15, 0.2) is 7.38 Å². The van der Waals surface area contributed by atoms with E-state index in [2.05, 4.69) is 13.8 Å². The monoisotopic (exact) mass is 338 g/mol. The minimum absolute atomic E-state index is 0.997. The minimum Gasteiger partial charge on any atom is -0.167 e. The number of fused-ring (bicyclic) bond motifs is 4. The topological polar surface area (TPSA) is 0 Å². The standard InChI is InChI=1S/C20H35ClSi/c1-3-9-22(21,10-4-2)20-17-8-7-16(13-17)19(20)18-12-14-5-6-15(18)11-14/h14-20H,3-13H2,1-2H3. The molecular weight excluding hydrogens is 304 g/mol. The summed E-state index contributed by atoms with van der Waals surface area (Å²) < 4.78 is 0. The molecule has 0 aromatic heterocycles. The third-order valence-electron chi connectivity index (χ3n) is 8.20. The van der Waals surface area contributed by atoms with Gasteiger partial charge in [0.25, 0.3) is 0 Å². The summed E-state index contributed by atoms with van der Waals surface area (Å²) >= 11 is 7.55. The van der Waals surface area contributed by atoms with Crippen LogP contribution in [0.3, 0.4) is 0 Å². The van der Waals surface area contributed by atoms with E-state index < -0.39 is 7.38 Å². The van der Waals surface area contributed by atoms with Gasteiger partial charge in [0.1, 0.15) is 0 Å². The molecule has 4 fully saturated rings. The molecule has 0 N–H and O–H groups in total. The van der Waals surface area contributed by atoms with Crippen molar-refractivity contribution in [2.45, 2.75) is 89.3 Å². The second kappa shape index (κ2) is 6.10. The molecule has 0 amide bonds. The van der Waals surface area contributed by atoms with Gasteiger partial charge >= 0.3 is 0 Å². The zero-order valence-electron chi connectivity index (χ0n) is 14.7. The highest BCUT2D eigenvalue weighted by Crippen LogP contribution is 2.67. The molecule has 0 saturated heterocycles. The average Bonchev–Trinajstić information content (AvgIpc) is 3.26. The first-order valence-corrected chi connectivity index (χ1v) is 13.9. The van der Waals surface area contributed by atoms with Crippen molar-refractivity contribution < 1.29 is 0 Å². The fourth-order valence-corrected chi connectivity index (χ4v) is 14.8. The lowest BCUT2D eigenvalue weighted by atomic mass is 9.72. The Morgan fingerprint density at radius 1 is 0.818 bits per heavy atom. The average molecular weight is 339 g/mol. The first-order valence-electron chi connectivity index (χ1n) is 10.3. The number of hydrogen-bond donors (Lipinski definition) is 0. The van der Waals surface area contributed by atoms with Crippen LogP contribution in [0.15, 0.2) is 0 Å². The van der Waals surface area contributed by atoms with Gasteiger partial charge in [-0.15, -0.1) is 0 Å². The summed E-state index contributed by atoms with van der Waals surface area (Å²) in [5.41, 5.74) is 0.997. The van der Waals surface area contributed by atoms with E-state index in [1.807, 2.05) is 0 Å². The third-order valence-corrected chi connectivity index (χ3v) is 14.8. The summed E-state index contributed by atoms with van der Waals surface area (Å²) in [4.78, 5) is 0. The van der Waals surface area contributed by atoms with E-state index in [9.17, 15) is 0 Å². The van der Waals surface area contributed by atoms with E-state index in [1.165, 1.54) is 31.4 Å². The van der Waals surface area contributed by atoms with E-state index in [0.29, 0.717) is 0 Å². The van der Waals surface area contributed by atoms with Crippen molar-refractivity contribution in [3.8, 4) is 0 Å². The predicted molar refractivity (Wildman–Crippen MR) is 98.8 cm³/mol. The molecule has 4 aliphatic carbocycles. The van der Waals surface area contributed by atoms with E-state index >= 15 is 0 Å². The highest BCUT2D eigenvalue weighted by Gasteiger charge is 2.60. The van der Waals surface area contributed by atoms with Gasteiger partial charge in [-0.2, -0.15) is 11.1 Å². The summed E-state index contributed by atoms with van der Waals surface area (Å²) in [5, 5.41) is 0. The zero-order chi connectivity index (χ0) is 15.3. The summed E-state index contributed by atoms with van der Waals surface area (Å²) in [6.07, 6.45) is 13.6. The van der Waals surface area contributed by atoms with E-state index in [4.69, 9.17) is 11.1 Å². The minimum atomic E-state index is -1.56. The lowest BCUT2D eigenvalue weighted by Gasteiger charge is -2.45. The van der Waals surface area contributed by atoms with Gasteiger partial charge in [-0.25, -0.2) is 0 Å². The van der Waals surface area contributed by atoms with Gasteiger partial charge in [-0.1, -0.05) is 39.5 Å². The van der Waals surface area contributed by atoms with E-state index in [-0.39, 0.29) is 0 Å². The van der Waals surface area contributed by atoms with Gasteiger partial charge in [-0.3, -0.25) is 0 Å². The second-order valence-corrected chi connectivity index (χ2v) is 15.3. The van der Waals surface area contributed by atoms with Gasteiger partial charge in [0.2, 0.25) is 0 Å². The Kier molecular flexibility index (Phi) is 4.44. The van der Waals surface area contributed by atoms with Crippen LogP contribution in [0.1, 0.15) is 71.6 Å². The second-order valence-electron chi connectivity index (χ2n) is 9.31. The summed E-state index contributed by atoms with van der Waals surface area (Å²) in [7, 11) is -1.56. The largest absolute Gasteiger partial charge is 0.167 e. The van der Waals surface area contributed by atoms with Gasteiger partial charge in [-0.05, 0) is 85.2 Å². The lowest BCUT2D eigenvalue weighted by Crippen LogP contribution is -2.43. The molecule has 0 aromatic carbocycles. The molecule has 0 nitrogen and oxygen atoms in total. The first kappa shape index (κ1) is 16.0. The van der Waals surface area contributed by atoms with Crippen molar-refractivity contribution in [1.29, 1.82) is 0 Å². The van der Waals surface area contributed by atoms with Crippen molar-refractivity contribution in [1.82, 2.24) is 0 Å². The maximum Gasteiger partial charge on any atom is 0.160 e. The Balaban J connectivity index is 1.61. The zero-order valence-corrected chi connectivity index (χ0v) is 16.5. The molecule has 4 saturated carbocycles. The molecule has 4 bridgehead atoms. The molecule has 0 spiro atoms. The molecule has 0 heterocycles. The Morgan fingerprint density at radius 3 is 2.09 bits per heavy atom. The summed E-state index contributed by atoms with van der Waals surface area (Å²) in [5.74, 6) is 6.50.